The maximum Gasteiger partial charge on any atom is 0.252 e. The molecule has 0 aliphatic carbocycles. The summed E-state index contributed by atoms with van der Waals surface area (Å²) in [5.41, 5.74) is 7.78. The Labute approximate surface area is 167 Å². The Morgan fingerprint density at radius 1 is 1.00 bits per heavy atom. The molecule has 0 atom stereocenters. The van der Waals surface area contributed by atoms with Gasteiger partial charge in [0, 0.05) is 29.9 Å². The Hall–Kier alpha value is -3.71. The minimum absolute atomic E-state index is 0.104. The van der Waals surface area contributed by atoms with Crippen molar-refractivity contribution in [1.29, 1.82) is 0 Å². The number of nitrogens with one attached hydrogen (secondary N) is 1. The van der Waals surface area contributed by atoms with E-state index < -0.39 is 0 Å². The van der Waals surface area contributed by atoms with Crippen molar-refractivity contribution in [1.82, 2.24) is 14.5 Å². The van der Waals surface area contributed by atoms with Gasteiger partial charge in [0.05, 0.1) is 6.54 Å². The van der Waals surface area contributed by atoms with Crippen molar-refractivity contribution in [3.05, 3.63) is 88.8 Å². The zero-order valence-corrected chi connectivity index (χ0v) is 15.8. The number of hydrogen-bond donors (Lipinski definition) is 2. The molecule has 146 valence electrons. The van der Waals surface area contributed by atoms with Gasteiger partial charge in [0.2, 0.25) is 5.95 Å². The van der Waals surface area contributed by atoms with E-state index >= 15 is 0 Å². The fraction of sp³-hybridized carbons (Fsp3) is 0.136. The Morgan fingerprint density at radius 3 is 2.55 bits per heavy atom. The normalized spacial score (nSPS) is 10.8. The molecule has 29 heavy (non-hydrogen) atoms. The standard InChI is InChI=1S/C22H21N5O2/c23-12-13-29-19-9-7-18(8-10-19)25-22-24-14-17-6-11-20(28)27(21(17)26-22)15-16-4-2-1-3-5-16/h1-11,14H,12-13,15,23H2,(H,24,25,26). The molecule has 0 saturated heterocycles. The molecule has 0 bridgehead atoms. The number of fused-ring (bicyclic) bond motifs is 1. The van der Waals surface area contributed by atoms with Crippen molar-refractivity contribution in [3.8, 4) is 5.75 Å². The van der Waals surface area contributed by atoms with Crippen LogP contribution in [0.15, 0.2) is 77.7 Å². The SMILES string of the molecule is NCCOc1ccc(Nc2ncc3ccc(=O)n(Cc4ccccc4)c3n2)cc1. The van der Waals surface area contributed by atoms with Crippen LogP contribution in [0.1, 0.15) is 5.56 Å². The third-order valence-electron chi connectivity index (χ3n) is 4.40. The fourth-order valence-corrected chi connectivity index (χ4v) is 2.99. The lowest BCUT2D eigenvalue weighted by Crippen LogP contribution is -2.21. The average Bonchev–Trinajstić information content (AvgIpc) is 2.76. The molecular weight excluding hydrogens is 366 g/mol. The molecule has 2 aromatic heterocycles. The monoisotopic (exact) mass is 387 g/mol. The molecule has 0 saturated carbocycles. The molecule has 7 heteroatoms. The van der Waals surface area contributed by atoms with Crippen LogP contribution < -0.4 is 21.3 Å². The highest BCUT2D eigenvalue weighted by Crippen LogP contribution is 2.19. The molecule has 2 heterocycles. The number of aromatic nitrogens is 3. The van der Waals surface area contributed by atoms with E-state index in [0.29, 0.717) is 31.3 Å². The van der Waals surface area contributed by atoms with E-state index in [9.17, 15) is 4.79 Å². The number of nitrogens with two attached hydrogens (primary N) is 1. The van der Waals surface area contributed by atoms with Gasteiger partial charge in [-0.2, -0.15) is 4.98 Å². The van der Waals surface area contributed by atoms with Gasteiger partial charge in [-0.3, -0.25) is 9.36 Å². The summed E-state index contributed by atoms with van der Waals surface area (Å²) in [5.74, 6) is 1.16. The molecule has 0 aliphatic heterocycles. The van der Waals surface area contributed by atoms with Crippen LogP contribution in [0.4, 0.5) is 11.6 Å². The van der Waals surface area contributed by atoms with Crippen LogP contribution in [0.2, 0.25) is 0 Å². The second kappa shape index (κ2) is 8.53. The molecule has 0 fully saturated rings. The largest absolute Gasteiger partial charge is 0.492 e. The third kappa shape index (κ3) is 4.41. The summed E-state index contributed by atoms with van der Waals surface area (Å²) in [4.78, 5) is 21.4. The highest BCUT2D eigenvalue weighted by Gasteiger charge is 2.08. The molecule has 0 spiro atoms. The number of anilines is 2. The lowest BCUT2D eigenvalue weighted by atomic mass is 10.2. The van der Waals surface area contributed by atoms with Crippen LogP contribution in [0, 0.1) is 0 Å². The number of benzene rings is 2. The minimum atomic E-state index is -0.104. The molecular formula is C22H21N5O2. The van der Waals surface area contributed by atoms with Crippen molar-refractivity contribution >= 4 is 22.7 Å². The van der Waals surface area contributed by atoms with Gasteiger partial charge in [-0.1, -0.05) is 30.3 Å². The molecule has 3 N–H and O–H groups in total. The highest BCUT2D eigenvalue weighted by atomic mass is 16.5. The van der Waals surface area contributed by atoms with Gasteiger partial charge < -0.3 is 15.8 Å². The summed E-state index contributed by atoms with van der Waals surface area (Å²) in [6.07, 6.45) is 1.71. The number of rotatable bonds is 7. The van der Waals surface area contributed by atoms with Gasteiger partial charge in [0.15, 0.2) is 0 Å². The number of ether oxygens (including phenoxy) is 1. The van der Waals surface area contributed by atoms with Crippen LogP contribution in [-0.2, 0) is 6.54 Å². The van der Waals surface area contributed by atoms with E-state index in [1.54, 1.807) is 22.9 Å². The van der Waals surface area contributed by atoms with E-state index in [0.717, 1.165) is 22.4 Å². The lowest BCUT2D eigenvalue weighted by molar-refractivity contribution is 0.328. The molecule has 4 aromatic rings. The van der Waals surface area contributed by atoms with Gasteiger partial charge in [-0.25, -0.2) is 4.98 Å². The quantitative estimate of drug-likeness (QED) is 0.506. The van der Waals surface area contributed by atoms with E-state index in [4.69, 9.17) is 10.5 Å². The Bertz CT molecular complexity index is 1160. The summed E-state index contributed by atoms with van der Waals surface area (Å²) in [7, 11) is 0. The van der Waals surface area contributed by atoms with Gasteiger partial charge in [-0.05, 0) is 35.9 Å². The van der Waals surface area contributed by atoms with Crippen LogP contribution in [-0.4, -0.2) is 27.7 Å². The molecule has 4 rings (SSSR count). The Kier molecular flexibility index (Phi) is 5.49. The van der Waals surface area contributed by atoms with Crippen LogP contribution in [0.5, 0.6) is 5.75 Å². The van der Waals surface area contributed by atoms with E-state index in [2.05, 4.69) is 15.3 Å². The smallest absolute Gasteiger partial charge is 0.252 e. The van der Waals surface area contributed by atoms with E-state index in [1.807, 2.05) is 54.6 Å². The van der Waals surface area contributed by atoms with E-state index in [1.165, 1.54) is 0 Å². The molecule has 2 aromatic carbocycles. The first-order valence-corrected chi connectivity index (χ1v) is 9.33. The zero-order valence-electron chi connectivity index (χ0n) is 15.8. The first-order valence-electron chi connectivity index (χ1n) is 9.33. The molecule has 0 unspecified atom stereocenters. The summed E-state index contributed by atoms with van der Waals surface area (Å²) < 4.78 is 7.14. The fourth-order valence-electron chi connectivity index (χ4n) is 2.99. The summed E-state index contributed by atoms with van der Waals surface area (Å²) in [6.45, 7) is 1.38. The average molecular weight is 387 g/mol. The van der Waals surface area contributed by atoms with Gasteiger partial charge in [-0.15, -0.1) is 0 Å². The number of nitrogens with zero attached hydrogens (tertiary/aromatic N) is 3. The second-order valence-electron chi connectivity index (χ2n) is 6.50. The lowest BCUT2D eigenvalue weighted by Gasteiger charge is -2.11. The Balaban J connectivity index is 1.63. The predicted molar refractivity (Wildman–Crippen MR) is 114 cm³/mol. The second-order valence-corrected chi connectivity index (χ2v) is 6.50. The number of pyridine rings is 1. The van der Waals surface area contributed by atoms with Gasteiger partial charge in [0.25, 0.3) is 5.56 Å². The van der Waals surface area contributed by atoms with Crippen molar-refractivity contribution in [3.63, 3.8) is 0 Å². The van der Waals surface area contributed by atoms with Crippen molar-refractivity contribution in [2.45, 2.75) is 6.54 Å². The van der Waals surface area contributed by atoms with Crippen LogP contribution in [0.25, 0.3) is 11.0 Å². The molecule has 7 nitrogen and oxygen atoms in total. The first kappa shape index (κ1) is 18.6. The van der Waals surface area contributed by atoms with Gasteiger partial charge in [0.1, 0.15) is 18.0 Å². The number of hydrogen-bond acceptors (Lipinski definition) is 6. The van der Waals surface area contributed by atoms with Crippen LogP contribution in [0.3, 0.4) is 0 Å². The zero-order chi connectivity index (χ0) is 20.1. The topological polar surface area (TPSA) is 95.1 Å². The summed E-state index contributed by atoms with van der Waals surface area (Å²) in [5, 5.41) is 3.97. The maximum atomic E-state index is 12.5. The van der Waals surface area contributed by atoms with Crippen LogP contribution >= 0.6 is 0 Å². The summed E-state index contributed by atoms with van der Waals surface area (Å²) >= 11 is 0. The first-order chi connectivity index (χ1) is 14.2. The summed E-state index contributed by atoms with van der Waals surface area (Å²) in [6, 6.07) is 20.6. The molecule has 0 amide bonds. The minimum Gasteiger partial charge on any atom is -0.492 e. The Morgan fingerprint density at radius 2 is 1.79 bits per heavy atom. The molecule has 0 radical (unpaired) electrons. The van der Waals surface area contributed by atoms with Gasteiger partial charge >= 0.3 is 0 Å². The van der Waals surface area contributed by atoms with Crippen molar-refractivity contribution in [2.75, 3.05) is 18.5 Å². The highest BCUT2D eigenvalue weighted by molar-refractivity contribution is 5.75. The van der Waals surface area contributed by atoms with Crippen molar-refractivity contribution in [2.24, 2.45) is 5.73 Å². The third-order valence-corrected chi connectivity index (χ3v) is 4.40. The molecule has 0 aliphatic rings. The van der Waals surface area contributed by atoms with E-state index in [-0.39, 0.29) is 5.56 Å². The maximum absolute atomic E-state index is 12.5. The van der Waals surface area contributed by atoms with Crippen molar-refractivity contribution < 1.29 is 4.74 Å². The predicted octanol–water partition coefficient (Wildman–Crippen LogP) is 2.92.